The molecule has 146 valence electrons. The number of amides is 1. The Morgan fingerprint density at radius 1 is 1.22 bits per heavy atom. The number of hydrogen-bond acceptors (Lipinski definition) is 4. The van der Waals surface area contributed by atoms with Crippen molar-refractivity contribution in [1.29, 1.82) is 0 Å². The molecule has 0 radical (unpaired) electrons. The molecule has 0 unspecified atom stereocenters. The Balaban J connectivity index is 1.59. The van der Waals surface area contributed by atoms with Crippen molar-refractivity contribution in [3.63, 3.8) is 0 Å². The maximum absolute atomic E-state index is 12.8. The van der Waals surface area contributed by atoms with E-state index in [0.29, 0.717) is 25.3 Å². The second-order valence-corrected chi connectivity index (χ2v) is 9.25. The summed E-state index contributed by atoms with van der Waals surface area (Å²) >= 11 is 0. The SMILES string of the molecule is Cc1ccc(S(=O)(=O)N2CCC[C@H](C(=O)N/N=C\[C@H]3CC=CCC3)C2)cc1. The molecule has 1 N–H and O–H groups in total. The van der Waals surface area contributed by atoms with E-state index in [1.807, 2.05) is 6.92 Å². The summed E-state index contributed by atoms with van der Waals surface area (Å²) in [5.41, 5.74) is 3.61. The van der Waals surface area contributed by atoms with Gasteiger partial charge in [-0.05, 0) is 57.1 Å². The topological polar surface area (TPSA) is 78.8 Å². The van der Waals surface area contributed by atoms with Crippen molar-refractivity contribution in [1.82, 2.24) is 9.73 Å². The van der Waals surface area contributed by atoms with Crippen LogP contribution < -0.4 is 5.43 Å². The fraction of sp³-hybridized carbons (Fsp3) is 0.500. The lowest BCUT2D eigenvalue weighted by Gasteiger charge is -2.30. The third kappa shape index (κ3) is 5.05. The molecule has 0 saturated carbocycles. The third-order valence-corrected chi connectivity index (χ3v) is 7.06. The Labute approximate surface area is 161 Å². The molecule has 1 fully saturated rings. The van der Waals surface area contributed by atoms with E-state index in [-0.39, 0.29) is 23.3 Å². The Bertz CT molecular complexity index is 815. The first kappa shape index (κ1) is 19.8. The average Bonchev–Trinajstić information content (AvgIpc) is 2.69. The highest BCUT2D eigenvalue weighted by Gasteiger charge is 2.33. The molecule has 1 aromatic carbocycles. The van der Waals surface area contributed by atoms with Crippen LogP contribution in [-0.4, -0.2) is 37.9 Å². The smallest absolute Gasteiger partial charge is 0.244 e. The van der Waals surface area contributed by atoms with Gasteiger partial charge < -0.3 is 0 Å². The van der Waals surface area contributed by atoms with Gasteiger partial charge in [0.2, 0.25) is 15.9 Å². The minimum absolute atomic E-state index is 0.198. The van der Waals surface area contributed by atoms with Gasteiger partial charge in [0.1, 0.15) is 0 Å². The third-order valence-electron chi connectivity index (χ3n) is 5.18. The lowest BCUT2D eigenvalue weighted by molar-refractivity contribution is -0.126. The van der Waals surface area contributed by atoms with Crippen LogP contribution in [0.15, 0.2) is 46.4 Å². The van der Waals surface area contributed by atoms with Gasteiger partial charge in [0.05, 0.1) is 10.8 Å². The van der Waals surface area contributed by atoms with Crippen molar-refractivity contribution >= 4 is 22.1 Å². The van der Waals surface area contributed by atoms with Crippen LogP contribution in [0.25, 0.3) is 0 Å². The summed E-state index contributed by atoms with van der Waals surface area (Å²) in [5, 5.41) is 4.10. The fourth-order valence-electron chi connectivity index (χ4n) is 3.48. The number of hydrazone groups is 1. The van der Waals surface area contributed by atoms with Crippen LogP contribution in [0, 0.1) is 18.8 Å². The summed E-state index contributed by atoms with van der Waals surface area (Å²) in [7, 11) is -3.58. The highest BCUT2D eigenvalue weighted by atomic mass is 32.2. The van der Waals surface area contributed by atoms with Crippen LogP contribution in [0.2, 0.25) is 0 Å². The number of rotatable bonds is 5. The molecule has 1 heterocycles. The van der Waals surface area contributed by atoms with Crippen LogP contribution in [0.5, 0.6) is 0 Å². The Morgan fingerprint density at radius 2 is 2.00 bits per heavy atom. The predicted molar refractivity (Wildman–Crippen MR) is 106 cm³/mol. The van der Waals surface area contributed by atoms with E-state index in [9.17, 15) is 13.2 Å². The average molecular weight is 390 g/mol. The van der Waals surface area contributed by atoms with Crippen molar-refractivity contribution in [3.05, 3.63) is 42.0 Å². The predicted octanol–water partition coefficient (Wildman–Crippen LogP) is 2.85. The van der Waals surface area contributed by atoms with Crippen molar-refractivity contribution in [3.8, 4) is 0 Å². The van der Waals surface area contributed by atoms with Gasteiger partial charge in [-0.1, -0.05) is 29.8 Å². The number of carbonyl (C=O) groups is 1. The van der Waals surface area contributed by atoms with E-state index >= 15 is 0 Å². The van der Waals surface area contributed by atoms with Crippen LogP contribution in [-0.2, 0) is 14.8 Å². The number of aryl methyl sites for hydroxylation is 1. The molecule has 2 atom stereocenters. The first-order chi connectivity index (χ1) is 13.0. The van der Waals surface area contributed by atoms with E-state index in [2.05, 4.69) is 22.7 Å². The van der Waals surface area contributed by atoms with E-state index in [1.165, 1.54) is 4.31 Å². The maximum Gasteiger partial charge on any atom is 0.244 e. The van der Waals surface area contributed by atoms with Crippen LogP contribution in [0.1, 0.15) is 37.7 Å². The number of carbonyl (C=O) groups excluding carboxylic acids is 1. The molecule has 3 rings (SSSR count). The van der Waals surface area contributed by atoms with E-state index in [4.69, 9.17) is 0 Å². The van der Waals surface area contributed by atoms with Gasteiger partial charge in [-0.25, -0.2) is 13.8 Å². The molecule has 1 saturated heterocycles. The highest BCUT2D eigenvalue weighted by molar-refractivity contribution is 7.89. The number of piperidine rings is 1. The summed E-state index contributed by atoms with van der Waals surface area (Å²) < 4.78 is 27.1. The monoisotopic (exact) mass is 389 g/mol. The number of nitrogens with zero attached hydrogens (tertiary/aromatic N) is 2. The summed E-state index contributed by atoms with van der Waals surface area (Å²) in [4.78, 5) is 12.7. The molecule has 27 heavy (non-hydrogen) atoms. The van der Waals surface area contributed by atoms with Gasteiger partial charge in [-0.15, -0.1) is 0 Å². The van der Waals surface area contributed by atoms with E-state index in [1.54, 1.807) is 30.5 Å². The van der Waals surface area contributed by atoms with Crippen LogP contribution in [0.3, 0.4) is 0 Å². The van der Waals surface area contributed by atoms with E-state index < -0.39 is 10.0 Å². The molecule has 6 nitrogen and oxygen atoms in total. The molecule has 1 amide bonds. The van der Waals surface area contributed by atoms with Crippen molar-refractivity contribution in [2.45, 2.75) is 43.9 Å². The van der Waals surface area contributed by atoms with Crippen LogP contribution in [0.4, 0.5) is 0 Å². The molecular weight excluding hydrogens is 362 g/mol. The van der Waals surface area contributed by atoms with Crippen molar-refractivity contribution < 1.29 is 13.2 Å². The lowest BCUT2D eigenvalue weighted by atomic mass is 9.96. The summed E-state index contributed by atoms with van der Waals surface area (Å²) in [5.74, 6) is -0.219. The minimum Gasteiger partial charge on any atom is -0.273 e. The summed E-state index contributed by atoms with van der Waals surface area (Å²) in [6.07, 6.45) is 10.5. The standard InChI is InChI=1S/C20H27N3O3S/c1-16-9-11-19(12-10-16)27(25,26)23-13-5-8-18(15-23)20(24)22-21-14-17-6-3-2-4-7-17/h2-3,9-12,14,17-18H,4-8,13,15H2,1H3,(H,22,24)/b21-14-/t17-,18-/m0/s1. The molecule has 0 bridgehead atoms. The van der Waals surface area contributed by atoms with Gasteiger partial charge in [-0.3, -0.25) is 4.79 Å². The molecule has 1 aliphatic carbocycles. The van der Waals surface area contributed by atoms with Gasteiger partial charge in [0, 0.05) is 19.3 Å². The number of hydrogen-bond donors (Lipinski definition) is 1. The summed E-state index contributed by atoms with van der Waals surface area (Å²) in [6.45, 7) is 2.56. The zero-order valence-electron chi connectivity index (χ0n) is 15.7. The number of sulfonamides is 1. The lowest BCUT2D eigenvalue weighted by Crippen LogP contribution is -2.44. The largest absolute Gasteiger partial charge is 0.273 e. The Morgan fingerprint density at radius 3 is 2.70 bits per heavy atom. The first-order valence-corrected chi connectivity index (χ1v) is 11.0. The number of nitrogens with one attached hydrogen (secondary N) is 1. The summed E-state index contributed by atoms with van der Waals surface area (Å²) in [6, 6.07) is 6.82. The van der Waals surface area contributed by atoms with Gasteiger partial charge >= 0.3 is 0 Å². The first-order valence-electron chi connectivity index (χ1n) is 9.51. The maximum atomic E-state index is 12.8. The zero-order chi connectivity index (χ0) is 19.3. The molecule has 1 aliphatic heterocycles. The molecule has 1 aromatic rings. The molecule has 0 spiro atoms. The minimum atomic E-state index is -3.58. The van der Waals surface area contributed by atoms with Crippen molar-refractivity contribution in [2.24, 2.45) is 16.9 Å². The fourth-order valence-corrected chi connectivity index (χ4v) is 5.01. The second-order valence-electron chi connectivity index (χ2n) is 7.31. The molecule has 7 heteroatoms. The number of allylic oxidation sites excluding steroid dienone is 2. The zero-order valence-corrected chi connectivity index (χ0v) is 16.5. The normalized spacial score (nSPS) is 24.2. The van der Waals surface area contributed by atoms with Gasteiger partial charge in [0.25, 0.3) is 0 Å². The van der Waals surface area contributed by atoms with Crippen molar-refractivity contribution in [2.75, 3.05) is 13.1 Å². The van der Waals surface area contributed by atoms with E-state index in [0.717, 1.165) is 24.8 Å². The second kappa shape index (κ2) is 8.80. The number of benzene rings is 1. The van der Waals surface area contributed by atoms with Gasteiger partial charge in [0.15, 0.2) is 0 Å². The molecule has 0 aromatic heterocycles. The quantitative estimate of drug-likeness (QED) is 0.478. The Hall–Kier alpha value is -1.99. The molecular formula is C20H27N3O3S. The molecule has 2 aliphatic rings. The van der Waals surface area contributed by atoms with Gasteiger partial charge in [-0.2, -0.15) is 9.41 Å². The van der Waals surface area contributed by atoms with Crippen LogP contribution >= 0.6 is 0 Å². The highest BCUT2D eigenvalue weighted by Crippen LogP contribution is 2.24. The Kier molecular flexibility index (Phi) is 6.44.